The number of hydrogen-bond donors (Lipinski definition) is 5. The zero-order valence-corrected chi connectivity index (χ0v) is 11.2. The van der Waals surface area contributed by atoms with Gasteiger partial charge in [-0.15, -0.1) is 0 Å². The van der Waals surface area contributed by atoms with Gasteiger partial charge in [-0.3, -0.25) is 0 Å². The van der Waals surface area contributed by atoms with Crippen molar-refractivity contribution in [3.63, 3.8) is 0 Å². The Labute approximate surface area is 122 Å². The lowest BCUT2D eigenvalue weighted by atomic mass is 9.94. The number of aliphatic carboxylic acids is 5. The van der Waals surface area contributed by atoms with Gasteiger partial charge in [0.25, 0.3) is 0 Å². The molecule has 0 atom stereocenters. The normalized spacial score (nSPS) is 16.8. The largest absolute Gasteiger partial charge is 0.480 e. The number of alkyl halides is 1. The Kier molecular flexibility index (Phi) is 3.91. The summed E-state index contributed by atoms with van der Waals surface area (Å²) >= 11 is 2.36. The first-order valence-corrected chi connectivity index (χ1v) is 5.62. The van der Waals surface area contributed by atoms with Gasteiger partial charge < -0.3 is 25.5 Å². The van der Waals surface area contributed by atoms with Crippen molar-refractivity contribution in [3.8, 4) is 0 Å². The molecule has 5 N–H and O–H groups in total. The van der Waals surface area contributed by atoms with Crippen LogP contribution in [0.15, 0.2) is 22.3 Å². The number of halogens is 1. The van der Waals surface area contributed by atoms with Crippen molar-refractivity contribution in [2.75, 3.05) is 0 Å². The Bertz CT molecular complexity index is 619. The molecule has 0 aliphatic heterocycles. The smallest absolute Gasteiger partial charge is 0.337 e. The van der Waals surface area contributed by atoms with Crippen molar-refractivity contribution in [1.82, 2.24) is 0 Å². The van der Waals surface area contributed by atoms with Gasteiger partial charge in [-0.2, -0.15) is 0 Å². The third-order valence-electron chi connectivity index (χ3n) is 2.59. The maximum absolute atomic E-state index is 11.3. The minimum absolute atomic E-state index is 1.41. The number of rotatable bonds is 5. The molecule has 0 amide bonds. The molecule has 0 radical (unpaired) electrons. The van der Waals surface area contributed by atoms with E-state index in [-0.39, 0.29) is 0 Å². The zero-order chi connectivity index (χ0) is 16.7. The average molecular weight is 365 g/mol. The fourth-order valence-corrected chi connectivity index (χ4v) is 2.61. The SMILES string of the molecule is O=C(O)C1=C(C(=O)O)C(Br)(C(=O)O)C(C(=O)O)=C1C(=O)O. The molecular weight excluding hydrogens is 360 g/mol. The molecular formula is C10H5BrO10. The van der Waals surface area contributed by atoms with Crippen LogP contribution in [0.1, 0.15) is 0 Å². The minimum atomic E-state index is -2.99. The second-order valence-electron chi connectivity index (χ2n) is 3.68. The predicted octanol–water partition coefficient (Wildman–Crippen LogP) is -0.850. The van der Waals surface area contributed by atoms with Gasteiger partial charge in [-0.1, -0.05) is 15.9 Å². The topological polar surface area (TPSA) is 186 Å². The second kappa shape index (κ2) is 5.01. The minimum Gasteiger partial charge on any atom is -0.480 e. The van der Waals surface area contributed by atoms with Gasteiger partial charge in [0.05, 0.1) is 22.3 Å². The van der Waals surface area contributed by atoms with Crippen molar-refractivity contribution < 1.29 is 49.5 Å². The Morgan fingerprint density at radius 2 is 0.952 bits per heavy atom. The fraction of sp³-hybridized carbons (Fsp3) is 0.100. The van der Waals surface area contributed by atoms with E-state index in [0.717, 1.165) is 0 Å². The molecule has 0 heterocycles. The predicted molar refractivity (Wildman–Crippen MR) is 63.9 cm³/mol. The van der Waals surface area contributed by atoms with Gasteiger partial charge in [0, 0.05) is 0 Å². The number of carboxylic acid groups (broad SMARTS) is 5. The Hall–Kier alpha value is -2.69. The number of carboxylic acids is 5. The van der Waals surface area contributed by atoms with E-state index < -0.39 is 56.5 Å². The first kappa shape index (κ1) is 16.4. The molecule has 10 nitrogen and oxygen atoms in total. The molecule has 1 rings (SSSR count). The monoisotopic (exact) mass is 364 g/mol. The van der Waals surface area contributed by atoms with Gasteiger partial charge in [0.15, 0.2) is 4.32 Å². The second-order valence-corrected chi connectivity index (χ2v) is 4.87. The summed E-state index contributed by atoms with van der Waals surface area (Å²) in [6, 6.07) is 0. The Balaban J connectivity index is 4.05. The lowest BCUT2D eigenvalue weighted by Crippen LogP contribution is -2.40. The van der Waals surface area contributed by atoms with E-state index in [1.807, 2.05) is 0 Å². The lowest BCUT2D eigenvalue weighted by Gasteiger charge is -2.20. The van der Waals surface area contributed by atoms with Gasteiger partial charge in [-0.05, 0) is 0 Å². The molecule has 21 heavy (non-hydrogen) atoms. The summed E-state index contributed by atoms with van der Waals surface area (Å²) in [6.07, 6.45) is 0. The molecule has 0 saturated carbocycles. The highest BCUT2D eigenvalue weighted by Gasteiger charge is 2.59. The molecule has 0 bridgehead atoms. The maximum atomic E-state index is 11.3. The summed E-state index contributed by atoms with van der Waals surface area (Å²) in [6.45, 7) is 0. The highest BCUT2D eigenvalue weighted by molar-refractivity contribution is 9.10. The highest BCUT2D eigenvalue weighted by Crippen LogP contribution is 2.47. The van der Waals surface area contributed by atoms with E-state index in [2.05, 4.69) is 15.9 Å². The quantitative estimate of drug-likeness (QED) is 0.384. The zero-order valence-electron chi connectivity index (χ0n) is 9.66. The van der Waals surface area contributed by atoms with E-state index >= 15 is 0 Å². The molecule has 0 unspecified atom stereocenters. The average Bonchev–Trinajstić information content (AvgIpc) is 2.60. The van der Waals surface area contributed by atoms with E-state index in [4.69, 9.17) is 25.5 Å². The van der Waals surface area contributed by atoms with Crippen molar-refractivity contribution >= 4 is 45.8 Å². The van der Waals surface area contributed by atoms with Gasteiger partial charge in [0.1, 0.15) is 0 Å². The van der Waals surface area contributed by atoms with Crippen LogP contribution in [0.3, 0.4) is 0 Å². The van der Waals surface area contributed by atoms with Gasteiger partial charge >= 0.3 is 29.8 Å². The molecule has 0 saturated heterocycles. The Morgan fingerprint density at radius 1 is 0.667 bits per heavy atom. The number of carbonyl (C=O) groups is 5. The molecule has 0 fully saturated rings. The molecule has 112 valence electrons. The van der Waals surface area contributed by atoms with Crippen LogP contribution in [0.4, 0.5) is 0 Å². The van der Waals surface area contributed by atoms with Crippen LogP contribution in [0.5, 0.6) is 0 Å². The van der Waals surface area contributed by atoms with Crippen molar-refractivity contribution in [1.29, 1.82) is 0 Å². The number of hydrogen-bond acceptors (Lipinski definition) is 5. The van der Waals surface area contributed by atoms with Crippen LogP contribution < -0.4 is 0 Å². The highest BCUT2D eigenvalue weighted by atomic mass is 79.9. The molecule has 11 heteroatoms. The van der Waals surface area contributed by atoms with Crippen LogP contribution >= 0.6 is 15.9 Å². The van der Waals surface area contributed by atoms with Crippen LogP contribution in [-0.2, 0) is 24.0 Å². The lowest BCUT2D eigenvalue weighted by molar-refractivity contribution is -0.143. The van der Waals surface area contributed by atoms with Crippen LogP contribution in [0, 0.1) is 0 Å². The fourth-order valence-electron chi connectivity index (χ4n) is 1.87. The first-order valence-electron chi connectivity index (χ1n) is 4.83. The van der Waals surface area contributed by atoms with E-state index in [0.29, 0.717) is 0 Å². The molecule has 1 aliphatic rings. The summed E-state index contributed by atoms with van der Waals surface area (Å²) in [7, 11) is 0. The standard InChI is InChI=1S/C10H5BrO10/c11-10(9(20)21)3(7(16)17)1(5(12)13)2(6(14)15)4(10)8(18)19/h(H,12,13)(H,14,15)(H,16,17)(H,18,19)(H,20,21). The van der Waals surface area contributed by atoms with Crippen molar-refractivity contribution in [3.05, 3.63) is 22.3 Å². The van der Waals surface area contributed by atoms with E-state index in [9.17, 15) is 24.0 Å². The molecule has 0 spiro atoms. The summed E-state index contributed by atoms with van der Waals surface area (Å²) < 4.78 is -2.99. The van der Waals surface area contributed by atoms with Crippen molar-refractivity contribution in [2.24, 2.45) is 0 Å². The molecule has 0 aromatic heterocycles. The third kappa shape index (κ3) is 2.16. The van der Waals surface area contributed by atoms with E-state index in [1.54, 1.807) is 0 Å². The van der Waals surface area contributed by atoms with Crippen LogP contribution in [-0.4, -0.2) is 59.7 Å². The summed E-state index contributed by atoms with van der Waals surface area (Å²) in [5.74, 6) is -10.4. The summed E-state index contributed by atoms with van der Waals surface area (Å²) in [4.78, 5) is 55.7. The van der Waals surface area contributed by atoms with E-state index in [1.165, 1.54) is 0 Å². The molecule has 0 aromatic rings. The van der Waals surface area contributed by atoms with Crippen molar-refractivity contribution in [2.45, 2.75) is 4.32 Å². The first-order chi connectivity index (χ1) is 9.47. The summed E-state index contributed by atoms with van der Waals surface area (Å²) in [5, 5.41) is 44.9. The molecule has 0 aromatic carbocycles. The maximum Gasteiger partial charge on any atom is 0.337 e. The Morgan fingerprint density at radius 3 is 1.10 bits per heavy atom. The van der Waals surface area contributed by atoms with Crippen LogP contribution in [0.25, 0.3) is 0 Å². The molecule has 1 aliphatic carbocycles. The summed E-state index contributed by atoms with van der Waals surface area (Å²) in [5.41, 5.74) is -5.63. The third-order valence-corrected chi connectivity index (χ3v) is 3.72. The van der Waals surface area contributed by atoms with Gasteiger partial charge in [-0.25, -0.2) is 24.0 Å². The van der Waals surface area contributed by atoms with Gasteiger partial charge in [0.2, 0.25) is 0 Å². The van der Waals surface area contributed by atoms with Crippen LogP contribution in [0.2, 0.25) is 0 Å².